The molecule has 0 atom stereocenters. The van der Waals surface area contributed by atoms with Crippen LogP contribution in [-0.4, -0.2) is 35.0 Å². The number of amidine groups is 1. The molecule has 0 bridgehead atoms. The van der Waals surface area contributed by atoms with Crippen molar-refractivity contribution < 1.29 is 0 Å². The fourth-order valence-corrected chi connectivity index (χ4v) is 5.13. The van der Waals surface area contributed by atoms with Gasteiger partial charge in [0.1, 0.15) is 0 Å². The van der Waals surface area contributed by atoms with Crippen LogP contribution in [0.5, 0.6) is 0 Å². The zero-order valence-electron chi connectivity index (χ0n) is 12.6. The van der Waals surface area contributed by atoms with Crippen LogP contribution < -0.4 is 5.32 Å². The molecule has 2 aliphatic rings. The third-order valence-corrected chi connectivity index (χ3v) is 7.91. The number of hydrogen-bond donors (Lipinski definition) is 1. The molecule has 1 fully saturated rings. The van der Waals surface area contributed by atoms with Gasteiger partial charge < -0.3 is 5.32 Å². The smallest absolute Gasteiger partial charge is 0.156 e. The first-order valence-corrected chi connectivity index (χ1v) is 9.85. The van der Waals surface area contributed by atoms with E-state index in [1.54, 1.807) is 0 Å². The van der Waals surface area contributed by atoms with Crippen molar-refractivity contribution >= 4 is 28.7 Å². The van der Waals surface area contributed by atoms with E-state index in [0.717, 1.165) is 13.1 Å². The van der Waals surface area contributed by atoms with Crippen LogP contribution in [0, 0.1) is 5.41 Å². The van der Waals surface area contributed by atoms with Crippen LogP contribution >= 0.6 is 23.5 Å². The lowest BCUT2D eigenvalue weighted by Gasteiger charge is -2.34. The lowest BCUT2D eigenvalue weighted by atomic mass is 9.89. The average Bonchev–Trinajstić information content (AvgIpc) is 2.91. The Kier molecular flexibility index (Phi) is 5.53. The standard InChI is InChI=1S/C15H28N2S2/c1-4-15(5-2,18-3)11-17-13-16-10-14(12-19-13)8-6-7-9-14/h4-12H2,1-3H3,(H,16,17). The number of aliphatic imine (C=N–C) groups is 1. The first-order valence-electron chi connectivity index (χ1n) is 7.64. The van der Waals surface area contributed by atoms with Crippen LogP contribution in [0.3, 0.4) is 0 Å². The predicted octanol–water partition coefficient (Wildman–Crippen LogP) is 4.16. The molecule has 0 aromatic heterocycles. The van der Waals surface area contributed by atoms with E-state index in [1.165, 1.54) is 49.4 Å². The van der Waals surface area contributed by atoms with E-state index < -0.39 is 0 Å². The highest BCUT2D eigenvalue weighted by Gasteiger charge is 2.36. The maximum Gasteiger partial charge on any atom is 0.156 e. The Morgan fingerprint density at radius 2 is 2.00 bits per heavy atom. The Bertz CT molecular complexity index is 310. The lowest BCUT2D eigenvalue weighted by Crippen LogP contribution is -2.41. The largest absolute Gasteiger partial charge is 0.364 e. The van der Waals surface area contributed by atoms with Gasteiger partial charge in [-0.3, -0.25) is 4.99 Å². The van der Waals surface area contributed by atoms with E-state index in [4.69, 9.17) is 4.99 Å². The number of thioether (sulfide) groups is 2. The summed E-state index contributed by atoms with van der Waals surface area (Å²) in [7, 11) is 0. The summed E-state index contributed by atoms with van der Waals surface area (Å²) in [6.45, 7) is 6.71. The molecule has 1 heterocycles. The van der Waals surface area contributed by atoms with Crippen molar-refractivity contribution in [3.63, 3.8) is 0 Å². The lowest BCUT2D eigenvalue weighted by molar-refractivity contribution is 0.358. The molecule has 4 heteroatoms. The van der Waals surface area contributed by atoms with Gasteiger partial charge in [0.25, 0.3) is 0 Å². The maximum absolute atomic E-state index is 4.83. The van der Waals surface area contributed by atoms with Gasteiger partial charge in [0, 0.05) is 23.6 Å². The SMILES string of the molecule is CCC(CC)(CNC1=NCC2(CCCC2)CS1)SC. The molecule has 0 saturated heterocycles. The Morgan fingerprint density at radius 3 is 2.47 bits per heavy atom. The normalized spacial score (nSPS) is 22.6. The van der Waals surface area contributed by atoms with Gasteiger partial charge in [-0.05, 0) is 37.4 Å². The molecule has 0 aromatic rings. The minimum Gasteiger partial charge on any atom is -0.364 e. The van der Waals surface area contributed by atoms with Crippen molar-refractivity contribution in [2.24, 2.45) is 10.4 Å². The van der Waals surface area contributed by atoms with Crippen LogP contribution in [0.1, 0.15) is 52.4 Å². The Morgan fingerprint density at radius 1 is 1.32 bits per heavy atom. The summed E-state index contributed by atoms with van der Waals surface area (Å²) in [6.07, 6.45) is 10.3. The van der Waals surface area contributed by atoms with E-state index >= 15 is 0 Å². The van der Waals surface area contributed by atoms with Crippen LogP contribution in [-0.2, 0) is 0 Å². The van der Waals surface area contributed by atoms with Gasteiger partial charge in [-0.2, -0.15) is 11.8 Å². The number of nitrogens with zero attached hydrogens (tertiary/aromatic N) is 1. The average molecular weight is 301 g/mol. The minimum absolute atomic E-state index is 0.381. The number of rotatable bonds is 5. The summed E-state index contributed by atoms with van der Waals surface area (Å²) in [6, 6.07) is 0. The van der Waals surface area contributed by atoms with Crippen LogP contribution in [0.2, 0.25) is 0 Å². The summed E-state index contributed by atoms with van der Waals surface area (Å²) in [5, 5.41) is 4.81. The second-order valence-corrected chi connectivity index (χ2v) is 8.30. The van der Waals surface area contributed by atoms with Gasteiger partial charge in [0.2, 0.25) is 0 Å². The van der Waals surface area contributed by atoms with Crippen molar-refractivity contribution in [2.45, 2.75) is 57.1 Å². The van der Waals surface area contributed by atoms with Crippen LogP contribution in [0.4, 0.5) is 0 Å². The second kappa shape index (κ2) is 6.75. The molecule has 0 amide bonds. The topological polar surface area (TPSA) is 24.4 Å². The molecular formula is C15H28N2S2. The fraction of sp³-hybridized carbons (Fsp3) is 0.933. The summed E-state index contributed by atoms with van der Waals surface area (Å²) in [5.41, 5.74) is 0.557. The quantitative estimate of drug-likeness (QED) is 0.825. The van der Waals surface area contributed by atoms with Crippen molar-refractivity contribution in [3.05, 3.63) is 0 Å². The van der Waals surface area contributed by atoms with Gasteiger partial charge in [0.15, 0.2) is 5.17 Å². The monoisotopic (exact) mass is 300 g/mol. The highest BCUT2D eigenvalue weighted by atomic mass is 32.2. The first kappa shape index (κ1) is 15.6. The Labute approximate surface area is 127 Å². The molecule has 0 aromatic carbocycles. The number of hydrogen-bond acceptors (Lipinski definition) is 4. The first-order chi connectivity index (χ1) is 9.17. The summed E-state index contributed by atoms with van der Waals surface area (Å²) in [5.74, 6) is 1.28. The Balaban J connectivity index is 1.86. The van der Waals surface area contributed by atoms with Gasteiger partial charge in [-0.1, -0.05) is 38.5 Å². The molecule has 19 heavy (non-hydrogen) atoms. The van der Waals surface area contributed by atoms with Crippen molar-refractivity contribution in [2.75, 3.05) is 25.1 Å². The Hall–Kier alpha value is 0.170. The van der Waals surface area contributed by atoms with Gasteiger partial charge in [-0.15, -0.1) is 0 Å². The summed E-state index contributed by atoms with van der Waals surface area (Å²) < 4.78 is 0.381. The summed E-state index contributed by atoms with van der Waals surface area (Å²) >= 11 is 3.96. The second-order valence-electron chi connectivity index (χ2n) is 6.06. The molecule has 2 rings (SSSR count). The molecule has 0 radical (unpaired) electrons. The maximum atomic E-state index is 4.83. The van der Waals surface area contributed by atoms with E-state index in [2.05, 4.69) is 25.4 Å². The molecule has 1 N–H and O–H groups in total. The molecule has 1 aliphatic heterocycles. The van der Waals surface area contributed by atoms with Crippen molar-refractivity contribution in [1.82, 2.24) is 5.32 Å². The molecule has 110 valence electrons. The van der Waals surface area contributed by atoms with Gasteiger partial charge >= 0.3 is 0 Å². The minimum atomic E-state index is 0.381. The molecule has 1 saturated carbocycles. The van der Waals surface area contributed by atoms with E-state index in [-0.39, 0.29) is 0 Å². The molecule has 1 spiro atoms. The molecule has 0 unspecified atom stereocenters. The zero-order valence-corrected chi connectivity index (χ0v) is 14.3. The molecule has 2 nitrogen and oxygen atoms in total. The highest BCUT2D eigenvalue weighted by Crippen LogP contribution is 2.43. The van der Waals surface area contributed by atoms with E-state index in [9.17, 15) is 0 Å². The third kappa shape index (κ3) is 3.63. The van der Waals surface area contributed by atoms with E-state index in [0.29, 0.717) is 10.2 Å². The summed E-state index contributed by atoms with van der Waals surface area (Å²) in [4.78, 5) is 4.83. The zero-order chi connectivity index (χ0) is 13.8. The van der Waals surface area contributed by atoms with Crippen LogP contribution in [0.25, 0.3) is 0 Å². The predicted molar refractivity (Wildman–Crippen MR) is 90.5 cm³/mol. The van der Waals surface area contributed by atoms with Crippen LogP contribution in [0.15, 0.2) is 4.99 Å². The molecule has 1 aliphatic carbocycles. The van der Waals surface area contributed by atoms with Gasteiger partial charge in [-0.25, -0.2) is 0 Å². The van der Waals surface area contributed by atoms with Crippen molar-refractivity contribution in [3.8, 4) is 0 Å². The number of nitrogens with one attached hydrogen (secondary N) is 1. The highest BCUT2D eigenvalue weighted by molar-refractivity contribution is 8.13. The van der Waals surface area contributed by atoms with Gasteiger partial charge in [0.05, 0.1) is 0 Å². The third-order valence-electron chi connectivity index (χ3n) is 5.02. The fourth-order valence-electron chi connectivity index (χ4n) is 3.18. The van der Waals surface area contributed by atoms with Crippen molar-refractivity contribution in [1.29, 1.82) is 0 Å². The van der Waals surface area contributed by atoms with E-state index in [1.807, 2.05) is 23.5 Å². The molecular weight excluding hydrogens is 272 g/mol.